The number of rotatable bonds is 4. The van der Waals surface area contributed by atoms with E-state index in [1.807, 2.05) is 50.1 Å². The molecule has 8 nitrogen and oxygen atoms in total. The smallest absolute Gasteiger partial charge is 0.410 e. The third-order valence-electron chi connectivity index (χ3n) is 8.53. The zero-order valence-electron chi connectivity index (χ0n) is 24.7. The molecule has 0 unspecified atom stereocenters. The van der Waals surface area contributed by atoms with Gasteiger partial charge in [0.15, 0.2) is 5.15 Å². The Morgan fingerprint density at radius 1 is 0.930 bits per heavy atom. The van der Waals surface area contributed by atoms with Crippen molar-refractivity contribution < 1.29 is 9.53 Å². The molecule has 0 bridgehead atoms. The average molecular weight is 595 g/mol. The van der Waals surface area contributed by atoms with Gasteiger partial charge in [-0.1, -0.05) is 60.1 Å². The third kappa shape index (κ3) is 5.45. The monoisotopic (exact) mass is 594 g/mol. The lowest BCUT2D eigenvalue weighted by atomic mass is 9.78. The quantitative estimate of drug-likeness (QED) is 0.222. The minimum Gasteiger partial charge on any atom is -0.444 e. The highest BCUT2D eigenvalue weighted by Gasteiger charge is 2.39. The zero-order valence-corrected chi connectivity index (χ0v) is 25.5. The number of hydrogen-bond donors (Lipinski definition) is 0. The molecule has 1 amide bonds. The Kier molecular flexibility index (Phi) is 7.06. The van der Waals surface area contributed by atoms with Crippen LogP contribution in [-0.4, -0.2) is 73.1 Å². The number of imidazole rings is 1. The van der Waals surface area contributed by atoms with Crippen LogP contribution < -0.4 is 0 Å². The highest BCUT2D eigenvalue weighted by atomic mass is 35.5. The number of piperazine rings is 1. The van der Waals surface area contributed by atoms with Gasteiger partial charge in [0.05, 0.1) is 16.9 Å². The molecule has 5 aromatic rings. The SMILES string of the molecule is CC(C)(C)OC(=O)N1CCN(C2CC(c3nc(-c4ccc5ccc(-c6ccccc6)nc5c4)c4c(Cl)nccn34)C2)CC1. The standard InChI is InChI=1S/C34H35ClN6O2/c1-34(2,3)43-33(42)40-17-15-39(16-18-40)26-19-25(20-26)32-38-29(30-31(35)36-13-14-41(30)32)24-10-9-23-11-12-27(37-28(23)21-24)22-7-5-4-6-8-22/h4-14,21,25-26H,15-20H2,1-3H3. The summed E-state index contributed by atoms with van der Waals surface area (Å²) in [6.45, 7) is 8.81. The number of halogens is 1. The number of nitrogens with zero attached hydrogens (tertiary/aromatic N) is 6. The first kappa shape index (κ1) is 27.8. The molecule has 4 heterocycles. The van der Waals surface area contributed by atoms with Crippen molar-refractivity contribution >= 4 is 34.1 Å². The van der Waals surface area contributed by atoms with E-state index in [9.17, 15) is 4.79 Å². The van der Waals surface area contributed by atoms with Crippen LogP contribution in [0.2, 0.25) is 5.15 Å². The lowest BCUT2D eigenvalue weighted by Gasteiger charge is -2.46. The molecule has 0 radical (unpaired) electrons. The second-order valence-electron chi connectivity index (χ2n) is 12.6. The molecular weight excluding hydrogens is 560 g/mol. The maximum absolute atomic E-state index is 12.5. The molecular formula is C34H35ClN6O2. The van der Waals surface area contributed by atoms with Gasteiger partial charge in [-0.25, -0.2) is 19.7 Å². The molecule has 220 valence electrons. The molecule has 0 atom stereocenters. The number of fused-ring (bicyclic) bond motifs is 2. The van der Waals surface area contributed by atoms with E-state index < -0.39 is 5.60 Å². The van der Waals surface area contributed by atoms with E-state index in [4.69, 9.17) is 26.3 Å². The summed E-state index contributed by atoms with van der Waals surface area (Å²) in [5.41, 5.74) is 5.08. The number of carbonyl (C=O) groups excluding carboxylic acids is 1. The Bertz CT molecular complexity index is 1800. The van der Waals surface area contributed by atoms with Gasteiger partial charge in [-0.15, -0.1) is 0 Å². The van der Waals surface area contributed by atoms with E-state index in [1.54, 1.807) is 6.20 Å². The molecule has 0 spiro atoms. The van der Waals surface area contributed by atoms with Gasteiger partial charge in [-0.05, 0) is 45.7 Å². The van der Waals surface area contributed by atoms with Crippen molar-refractivity contribution in [1.82, 2.24) is 29.2 Å². The summed E-state index contributed by atoms with van der Waals surface area (Å²) >= 11 is 6.71. The first-order valence-corrected chi connectivity index (χ1v) is 15.3. The Balaban J connectivity index is 1.11. The predicted molar refractivity (Wildman–Crippen MR) is 169 cm³/mol. The van der Waals surface area contributed by atoms with Crippen molar-refractivity contribution in [2.24, 2.45) is 0 Å². The molecule has 3 aromatic heterocycles. The average Bonchev–Trinajstić information content (AvgIpc) is 3.36. The molecule has 43 heavy (non-hydrogen) atoms. The van der Waals surface area contributed by atoms with Gasteiger partial charge in [0.25, 0.3) is 0 Å². The minimum atomic E-state index is -0.478. The van der Waals surface area contributed by atoms with E-state index in [1.165, 1.54) is 0 Å². The largest absolute Gasteiger partial charge is 0.444 e. The Morgan fingerprint density at radius 3 is 2.42 bits per heavy atom. The highest BCUT2D eigenvalue weighted by Crippen LogP contribution is 2.42. The second kappa shape index (κ2) is 10.9. The topological polar surface area (TPSA) is 75.9 Å². The number of pyridine rings is 1. The molecule has 2 fully saturated rings. The molecule has 2 aliphatic rings. The normalized spacial score (nSPS) is 19.5. The van der Waals surface area contributed by atoms with Crippen LogP contribution >= 0.6 is 11.6 Å². The van der Waals surface area contributed by atoms with Gasteiger partial charge >= 0.3 is 6.09 Å². The number of benzene rings is 2. The van der Waals surface area contributed by atoms with Gasteiger partial charge in [0, 0.05) is 67.0 Å². The van der Waals surface area contributed by atoms with E-state index >= 15 is 0 Å². The zero-order chi connectivity index (χ0) is 29.7. The van der Waals surface area contributed by atoms with E-state index in [0.29, 0.717) is 30.2 Å². The van der Waals surface area contributed by atoms with Crippen molar-refractivity contribution in [2.45, 2.75) is 51.2 Å². The van der Waals surface area contributed by atoms with E-state index in [2.05, 4.69) is 56.7 Å². The number of hydrogen-bond acceptors (Lipinski definition) is 6. The molecule has 1 saturated heterocycles. The van der Waals surface area contributed by atoms with Crippen LogP contribution in [0.15, 0.2) is 73.1 Å². The van der Waals surface area contributed by atoms with Crippen LogP contribution in [-0.2, 0) is 4.74 Å². The van der Waals surface area contributed by atoms with Crippen LogP contribution in [0.3, 0.4) is 0 Å². The molecule has 9 heteroatoms. The molecule has 7 rings (SSSR count). The fourth-order valence-electron chi connectivity index (χ4n) is 6.24. The summed E-state index contributed by atoms with van der Waals surface area (Å²) in [5, 5.41) is 1.52. The Labute approximate surface area is 256 Å². The van der Waals surface area contributed by atoms with Gasteiger partial charge in [0.2, 0.25) is 0 Å². The van der Waals surface area contributed by atoms with E-state index in [0.717, 1.165) is 70.7 Å². The van der Waals surface area contributed by atoms with Crippen molar-refractivity contribution in [3.05, 3.63) is 84.0 Å². The number of aromatic nitrogens is 4. The highest BCUT2D eigenvalue weighted by molar-refractivity contribution is 6.33. The maximum Gasteiger partial charge on any atom is 0.410 e. The van der Waals surface area contributed by atoms with Crippen molar-refractivity contribution in [1.29, 1.82) is 0 Å². The van der Waals surface area contributed by atoms with Crippen LogP contribution in [0.5, 0.6) is 0 Å². The van der Waals surface area contributed by atoms with Crippen LogP contribution in [0, 0.1) is 0 Å². The Morgan fingerprint density at radius 2 is 1.67 bits per heavy atom. The predicted octanol–water partition coefficient (Wildman–Crippen LogP) is 7.06. The number of amides is 1. The van der Waals surface area contributed by atoms with Crippen LogP contribution in [0.1, 0.15) is 45.4 Å². The summed E-state index contributed by atoms with van der Waals surface area (Å²) in [6, 6.07) is 21.2. The fraction of sp³-hybridized carbons (Fsp3) is 0.353. The first-order valence-electron chi connectivity index (χ1n) is 14.9. The molecule has 1 aliphatic heterocycles. The minimum absolute atomic E-state index is 0.222. The summed E-state index contributed by atoms with van der Waals surface area (Å²) in [7, 11) is 0. The van der Waals surface area contributed by atoms with Gasteiger partial charge in [-0.3, -0.25) is 9.30 Å². The molecule has 1 aliphatic carbocycles. The molecule has 0 N–H and O–H groups in total. The maximum atomic E-state index is 12.5. The van der Waals surface area contributed by atoms with Gasteiger partial charge in [0.1, 0.15) is 16.9 Å². The molecule has 2 aromatic carbocycles. The first-order chi connectivity index (χ1) is 20.7. The summed E-state index contributed by atoms with van der Waals surface area (Å²) in [6.07, 6.45) is 5.52. The van der Waals surface area contributed by atoms with E-state index in [-0.39, 0.29) is 6.09 Å². The number of ether oxygens (including phenoxy) is 1. The van der Waals surface area contributed by atoms with Crippen molar-refractivity contribution in [3.63, 3.8) is 0 Å². The van der Waals surface area contributed by atoms with Gasteiger partial charge < -0.3 is 9.64 Å². The third-order valence-corrected chi connectivity index (χ3v) is 8.81. The van der Waals surface area contributed by atoms with Crippen molar-refractivity contribution in [2.75, 3.05) is 26.2 Å². The van der Waals surface area contributed by atoms with Gasteiger partial charge in [-0.2, -0.15) is 0 Å². The lowest BCUT2D eigenvalue weighted by molar-refractivity contribution is 0.00265. The summed E-state index contributed by atoms with van der Waals surface area (Å²) in [5.74, 6) is 1.33. The Hall–Kier alpha value is -4.01. The summed E-state index contributed by atoms with van der Waals surface area (Å²) < 4.78 is 7.68. The summed E-state index contributed by atoms with van der Waals surface area (Å²) in [4.78, 5) is 31.4. The van der Waals surface area contributed by atoms with Crippen molar-refractivity contribution in [3.8, 4) is 22.5 Å². The molecule has 1 saturated carbocycles. The fourth-order valence-corrected chi connectivity index (χ4v) is 6.48. The van der Waals surface area contributed by atoms with Crippen LogP contribution in [0.25, 0.3) is 38.9 Å². The second-order valence-corrected chi connectivity index (χ2v) is 12.9. The number of carbonyl (C=O) groups is 1. The van der Waals surface area contributed by atoms with Crippen LogP contribution in [0.4, 0.5) is 4.79 Å². The lowest BCUT2D eigenvalue weighted by Crippen LogP contribution is -2.55.